The molecule has 0 saturated carbocycles. The average molecular weight is 221 g/mol. The topological polar surface area (TPSA) is 30.8 Å². The van der Waals surface area contributed by atoms with Crippen molar-refractivity contribution in [2.45, 2.75) is 45.8 Å². The fourth-order valence-corrected chi connectivity index (χ4v) is 1.43. The predicted molar refractivity (Wildman–Crippen MR) is 68.5 cm³/mol. The van der Waals surface area contributed by atoms with E-state index in [4.69, 9.17) is 9.31 Å². The van der Waals surface area contributed by atoms with Crippen LogP contribution in [0.25, 0.3) is 0 Å². The van der Waals surface area contributed by atoms with Crippen LogP contribution >= 0.6 is 0 Å². The molecule has 0 aromatic rings. The Hall–Kier alpha value is -0.865. The lowest BCUT2D eigenvalue weighted by Gasteiger charge is -2.32. The summed E-state index contributed by atoms with van der Waals surface area (Å²) in [5.74, 6) is 0. The maximum Gasteiger partial charge on any atom is 0.494 e. The first kappa shape index (κ1) is 13.2. The van der Waals surface area contributed by atoms with Crippen LogP contribution in [0.4, 0.5) is 0 Å². The second kappa shape index (κ2) is 4.56. The van der Waals surface area contributed by atoms with Gasteiger partial charge in [0.05, 0.1) is 11.2 Å². The number of nitrogens with zero attached hydrogens (tertiary/aromatic N) is 1. The lowest BCUT2D eigenvalue weighted by molar-refractivity contribution is 0.00578. The molecule has 0 aromatic carbocycles. The molecule has 0 aromatic heterocycles. The van der Waals surface area contributed by atoms with Crippen LogP contribution in [0, 0.1) is 0 Å². The summed E-state index contributed by atoms with van der Waals surface area (Å²) in [5.41, 5.74) is 0.356. The fraction of sp³-hybridized carbons (Fsp3) is 0.583. The molecule has 88 valence electrons. The summed E-state index contributed by atoms with van der Waals surface area (Å²) >= 11 is 0. The molecule has 1 saturated heterocycles. The van der Waals surface area contributed by atoms with Crippen molar-refractivity contribution < 1.29 is 9.31 Å². The van der Waals surface area contributed by atoms with E-state index in [0.29, 0.717) is 0 Å². The van der Waals surface area contributed by atoms with Gasteiger partial charge < -0.3 is 9.31 Å². The van der Waals surface area contributed by atoms with Crippen LogP contribution in [0.2, 0.25) is 0 Å². The van der Waals surface area contributed by atoms with Crippen LogP contribution in [-0.4, -0.2) is 25.0 Å². The number of allylic oxidation sites excluding steroid dienone is 3. The smallest absolute Gasteiger partial charge is 0.399 e. The second-order valence-corrected chi connectivity index (χ2v) is 4.88. The standard InChI is InChI=1S/C12H20BNO2/c1-7-10(8-9-14-6)13-15-11(2,3)12(4,5)16-13/h7-9H,6H2,1-5H3/b9-8-,10-7+. The molecule has 0 unspecified atom stereocenters. The minimum atomic E-state index is -0.326. The predicted octanol–water partition coefficient (Wildman–Crippen LogP) is 2.78. The number of rotatable bonds is 3. The van der Waals surface area contributed by atoms with Crippen LogP contribution < -0.4 is 0 Å². The van der Waals surface area contributed by atoms with Gasteiger partial charge in [-0.25, -0.2) is 0 Å². The molecule has 4 heteroatoms. The van der Waals surface area contributed by atoms with E-state index in [2.05, 4.69) is 11.7 Å². The summed E-state index contributed by atoms with van der Waals surface area (Å²) in [6.07, 6.45) is 5.46. The minimum Gasteiger partial charge on any atom is -0.399 e. The van der Waals surface area contributed by atoms with Gasteiger partial charge in [-0.05, 0) is 52.9 Å². The van der Waals surface area contributed by atoms with E-state index in [-0.39, 0.29) is 18.3 Å². The van der Waals surface area contributed by atoms with Crippen molar-refractivity contribution in [3.63, 3.8) is 0 Å². The van der Waals surface area contributed by atoms with Gasteiger partial charge in [0, 0.05) is 6.20 Å². The largest absolute Gasteiger partial charge is 0.494 e. The third kappa shape index (κ3) is 2.44. The van der Waals surface area contributed by atoms with Crippen molar-refractivity contribution >= 4 is 13.8 Å². The normalized spacial score (nSPS) is 24.1. The summed E-state index contributed by atoms with van der Waals surface area (Å²) in [7, 11) is -0.326. The minimum absolute atomic E-state index is 0.304. The molecule has 1 aliphatic heterocycles. The van der Waals surface area contributed by atoms with Crippen molar-refractivity contribution in [3.8, 4) is 0 Å². The van der Waals surface area contributed by atoms with Crippen LogP contribution in [0.5, 0.6) is 0 Å². The number of hydrogen-bond donors (Lipinski definition) is 0. The summed E-state index contributed by atoms with van der Waals surface area (Å²) in [4.78, 5) is 3.69. The maximum absolute atomic E-state index is 5.91. The molecule has 0 spiro atoms. The van der Waals surface area contributed by atoms with Crippen LogP contribution in [0.15, 0.2) is 28.8 Å². The van der Waals surface area contributed by atoms with Crippen molar-refractivity contribution in [2.24, 2.45) is 4.99 Å². The molecule has 1 fully saturated rings. The zero-order valence-electron chi connectivity index (χ0n) is 10.8. The Morgan fingerprint density at radius 2 is 1.69 bits per heavy atom. The Morgan fingerprint density at radius 3 is 2.06 bits per heavy atom. The van der Waals surface area contributed by atoms with Crippen LogP contribution in [0.1, 0.15) is 34.6 Å². The maximum atomic E-state index is 5.91. The van der Waals surface area contributed by atoms with Crippen molar-refractivity contribution in [1.29, 1.82) is 0 Å². The first-order valence-corrected chi connectivity index (χ1v) is 5.48. The van der Waals surface area contributed by atoms with Crippen molar-refractivity contribution in [1.82, 2.24) is 0 Å². The van der Waals surface area contributed by atoms with Crippen LogP contribution in [-0.2, 0) is 9.31 Å². The van der Waals surface area contributed by atoms with Gasteiger partial charge in [0.25, 0.3) is 0 Å². The van der Waals surface area contributed by atoms with E-state index < -0.39 is 0 Å². The quantitative estimate of drug-likeness (QED) is 0.416. The highest BCUT2D eigenvalue weighted by atomic mass is 16.7. The fourth-order valence-electron chi connectivity index (χ4n) is 1.43. The first-order valence-electron chi connectivity index (χ1n) is 5.48. The number of hydrogen-bond acceptors (Lipinski definition) is 3. The highest BCUT2D eigenvalue weighted by Crippen LogP contribution is 2.38. The molecule has 0 aliphatic carbocycles. The molecule has 0 N–H and O–H groups in total. The Kier molecular flexibility index (Phi) is 3.76. The summed E-state index contributed by atoms with van der Waals surface area (Å²) < 4.78 is 11.8. The molecule has 1 aliphatic rings. The molecule has 1 heterocycles. The third-order valence-electron chi connectivity index (χ3n) is 3.23. The molecule has 0 bridgehead atoms. The van der Waals surface area contributed by atoms with E-state index in [1.165, 1.54) is 0 Å². The van der Waals surface area contributed by atoms with Crippen molar-refractivity contribution in [3.05, 3.63) is 23.8 Å². The first-order chi connectivity index (χ1) is 7.34. The van der Waals surface area contributed by atoms with Gasteiger partial charge in [-0.2, -0.15) is 0 Å². The van der Waals surface area contributed by atoms with E-state index in [9.17, 15) is 0 Å². The number of aliphatic imine (C=N–C) groups is 1. The van der Waals surface area contributed by atoms with E-state index in [1.54, 1.807) is 6.20 Å². The van der Waals surface area contributed by atoms with Gasteiger partial charge in [-0.1, -0.05) is 6.08 Å². The molecular formula is C12H20BNO2. The molecular weight excluding hydrogens is 201 g/mol. The van der Waals surface area contributed by atoms with Gasteiger partial charge in [-0.15, -0.1) is 0 Å². The van der Waals surface area contributed by atoms with Crippen molar-refractivity contribution in [2.75, 3.05) is 0 Å². The average Bonchev–Trinajstić information content (AvgIpc) is 2.37. The Morgan fingerprint density at radius 1 is 1.19 bits per heavy atom. The lowest BCUT2D eigenvalue weighted by Crippen LogP contribution is -2.41. The summed E-state index contributed by atoms with van der Waals surface area (Å²) in [6.45, 7) is 13.5. The molecule has 3 nitrogen and oxygen atoms in total. The van der Waals surface area contributed by atoms with Gasteiger partial charge >= 0.3 is 7.12 Å². The second-order valence-electron chi connectivity index (χ2n) is 4.88. The van der Waals surface area contributed by atoms with Gasteiger partial charge in [0.1, 0.15) is 0 Å². The highest BCUT2D eigenvalue weighted by Gasteiger charge is 2.51. The Bertz CT molecular complexity index is 316. The van der Waals surface area contributed by atoms with Crippen LogP contribution in [0.3, 0.4) is 0 Å². The third-order valence-corrected chi connectivity index (χ3v) is 3.23. The summed E-state index contributed by atoms with van der Waals surface area (Å²) in [5, 5.41) is 0. The SMILES string of the molecule is C=N/C=C\C(=C/C)B1OC(C)(C)C(C)(C)O1. The zero-order valence-corrected chi connectivity index (χ0v) is 10.8. The molecule has 1 rings (SSSR count). The van der Waals surface area contributed by atoms with E-state index in [0.717, 1.165) is 5.47 Å². The van der Waals surface area contributed by atoms with E-state index >= 15 is 0 Å². The Labute approximate surface area is 98.4 Å². The lowest BCUT2D eigenvalue weighted by atomic mass is 9.78. The Balaban J connectivity index is 2.86. The van der Waals surface area contributed by atoms with Gasteiger partial charge in [0.15, 0.2) is 0 Å². The molecule has 0 amide bonds. The molecule has 16 heavy (non-hydrogen) atoms. The monoisotopic (exact) mass is 221 g/mol. The van der Waals surface area contributed by atoms with Gasteiger partial charge in [0.2, 0.25) is 0 Å². The summed E-state index contributed by atoms with van der Waals surface area (Å²) in [6, 6.07) is 0. The molecule has 0 radical (unpaired) electrons. The molecule has 0 atom stereocenters. The highest BCUT2D eigenvalue weighted by molar-refractivity contribution is 6.55. The van der Waals surface area contributed by atoms with Gasteiger partial charge in [-0.3, -0.25) is 4.99 Å². The van der Waals surface area contributed by atoms with E-state index in [1.807, 2.05) is 46.8 Å². The zero-order chi connectivity index (χ0) is 12.4.